The minimum Gasteiger partial charge on any atom is -0.355 e. The molecule has 0 aliphatic carbocycles. The van der Waals surface area contributed by atoms with Crippen molar-refractivity contribution in [1.82, 2.24) is 16.0 Å². The predicted octanol–water partition coefficient (Wildman–Crippen LogP) is 0.490. The Morgan fingerprint density at radius 2 is 2.19 bits per heavy atom. The lowest BCUT2D eigenvalue weighted by molar-refractivity contribution is -0.123. The summed E-state index contributed by atoms with van der Waals surface area (Å²) >= 11 is 0. The topological polar surface area (TPSA) is 53.2 Å². The van der Waals surface area contributed by atoms with Crippen LogP contribution in [0.5, 0.6) is 0 Å². The van der Waals surface area contributed by atoms with E-state index >= 15 is 0 Å². The van der Waals surface area contributed by atoms with Gasteiger partial charge in [0.25, 0.3) is 0 Å². The number of hydrogen-bond acceptors (Lipinski definition) is 3. The molecule has 0 aromatic rings. The monoisotopic (exact) mass is 227 g/mol. The van der Waals surface area contributed by atoms with Gasteiger partial charge in [0, 0.05) is 31.6 Å². The summed E-state index contributed by atoms with van der Waals surface area (Å²) in [4.78, 5) is 11.3. The highest BCUT2D eigenvalue weighted by Crippen LogP contribution is 2.05. The zero-order chi connectivity index (χ0) is 11.8. The first kappa shape index (κ1) is 13.5. The largest absolute Gasteiger partial charge is 0.355 e. The van der Waals surface area contributed by atoms with E-state index < -0.39 is 0 Å². The quantitative estimate of drug-likeness (QED) is 0.579. The molecule has 1 heterocycles. The third-order valence-electron chi connectivity index (χ3n) is 2.93. The van der Waals surface area contributed by atoms with Crippen LogP contribution in [-0.2, 0) is 4.79 Å². The molecular weight excluding hydrogens is 202 g/mol. The summed E-state index contributed by atoms with van der Waals surface area (Å²) in [6.45, 7) is 7.57. The highest BCUT2D eigenvalue weighted by atomic mass is 16.1. The molecule has 0 aromatic heterocycles. The van der Waals surface area contributed by atoms with Crippen molar-refractivity contribution in [2.24, 2.45) is 5.92 Å². The fourth-order valence-corrected chi connectivity index (χ4v) is 1.85. The number of piperidine rings is 1. The number of rotatable bonds is 6. The molecule has 0 saturated carbocycles. The number of nitrogens with one attached hydrogen (secondary N) is 3. The number of hydrogen-bond donors (Lipinski definition) is 3. The Bertz CT molecular complexity index is 200. The molecular formula is C12H25N3O. The zero-order valence-corrected chi connectivity index (χ0v) is 10.5. The van der Waals surface area contributed by atoms with E-state index in [2.05, 4.69) is 16.0 Å². The third-order valence-corrected chi connectivity index (χ3v) is 2.93. The van der Waals surface area contributed by atoms with Crippen LogP contribution in [0.1, 0.15) is 33.1 Å². The standard InChI is InChI=1S/C12H25N3O/c1-10(2)12(16)15-8-7-13-9-11-5-3-4-6-14-11/h10-11,13-14H,3-9H2,1-2H3,(H,15,16). The fraction of sp³-hybridized carbons (Fsp3) is 0.917. The van der Waals surface area contributed by atoms with E-state index in [1.165, 1.54) is 19.3 Å². The molecule has 3 N–H and O–H groups in total. The van der Waals surface area contributed by atoms with Gasteiger partial charge >= 0.3 is 0 Å². The molecule has 4 heteroatoms. The van der Waals surface area contributed by atoms with Crippen LogP contribution in [0.2, 0.25) is 0 Å². The Hall–Kier alpha value is -0.610. The van der Waals surface area contributed by atoms with Crippen LogP contribution >= 0.6 is 0 Å². The third kappa shape index (κ3) is 5.47. The number of amides is 1. The minimum absolute atomic E-state index is 0.0833. The molecule has 0 aromatic carbocycles. The summed E-state index contributed by atoms with van der Waals surface area (Å²) in [5.41, 5.74) is 0. The maximum atomic E-state index is 11.3. The van der Waals surface area contributed by atoms with Gasteiger partial charge in [-0.15, -0.1) is 0 Å². The molecule has 0 spiro atoms. The molecule has 16 heavy (non-hydrogen) atoms. The lowest BCUT2D eigenvalue weighted by atomic mass is 10.1. The Balaban J connectivity index is 1.93. The molecule has 1 saturated heterocycles. The number of carbonyl (C=O) groups is 1. The van der Waals surface area contributed by atoms with Crippen molar-refractivity contribution >= 4 is 5.91 Å². The second-order valence-corrected chi connectivity index (χ2v) is 4.80. The highest BCUT2D eigenvalue weighted by Gasteiger charge is 2.11. The van der Waals surface area contributed by atoms with E-state index in [9.17, 15) is 4.79 Å². The molecule has 1 rings (SSSR count). The highest BCUT2D eigenvalue weighted by molar-refractivity contribution is 5.77. The first-order valence-corrected chi connectivity index (χ1v) is 6.42. The van der Waals surface area contributed by atoms with E-state index in [1.807, 2.05) is 13.8 Å². The van der Waals surface area contributed by atoms with E-state index in [0.717, 1.165) is 26.2 Å². The van der Waals surface area contributed by atoms with Crippen LogP contribution in [0.3, 0.4) is 0 Å². The van der Waals surface area contributed by atoms with Gasteiger partial charge in [0.15, 0.2) is 0 Å². The maximum absolute atomic E-state index is 11.3. The van der Waals surface area contributed by atoms with Crippen LogP contribution in [0.15, 0.2) is 0 Å². The van der Waals surface area contributed by atoms with Gasteiger partial charge in [0.2, 0.25) is 5.91 Å². The molecule has 0 bridgehead atoms. The van der Waals surface area contributed by atoms with Gasteiger partial charge in [-0.3, -0.25) is 4.79 Å². The molecule has 1 unspecified atom stereocenters. The van der Waals surface area contributed by atoms with Crippen molar-refractivity contribution < 1.29 is 4.79 Å². The Kier molecular flexibility index (Phi) is 6.42. The minimum atomic E-state index is 0.0833. The van der Waals surface area contributed by atoms with Gasteiger partial charge in [0.1, 0.15) is 0 Å². The molecule has 1 fully saturated rings. The van der Waals surface area contributed by atoms with Crippen LogP contribution in [0.4, 0.5) is 0 Å². The maximum Gasteiger partial charge on any atom is 0.222 e. The summed E-state index contributed by atoms with van der Waals surface area (Å²) in [6, 6.07) is 0.620. The fourth-order valence-electron chi connectivity index (χ4n) is 1.85. The predicted molar refractivity (Wildman–Crippen MR) is 66.4 cm³/mol. The average Bonchev–Trinajstić information content (AvgIpc) is 2.29. The molecule has 1 atom stereocenters. The molecule has 1 amide bonds. The lowest BCUT2D eigenvalue weighted by Gasteiger charge is -2.23. The van der Waals surface area contributed by atoms with Crippen molar-refractivity contribution in [2.45, 2.75) is 39.2 Å². The first-order chi connectivity index (χ1) is 7.70. The summed E-state index contributed by atoms with van der Waals surface area (Å²) < 4.78 is 0. The first-order valence-electron chi connectivity index (χ1n) is 6.42. The SMILES string of the molecule is CC(C)C(=O)NCCNCC1CCCCN1. The Morgan fingerprint density at radius 1 is 1.38 bits per heavy atom. The van der Waals surface area contributed by atoms with Crippen molar-refractivity contribution in [1.29, 1.82) is 0 Å². The molecule has 1 aliphatic heterocycles. The van der Waals surface area contributed by atoms with Gasteiger partial charge in [-0.1, -0.05) is 20.3 Å². The van der Waals surface area contributed by atoms with Crippen LogP contribution in [0.25, 0.3) is 0 Å². The van der Waals surface area contributed by atoms with Gasteiger partial charge in [-0.2, -0.15) is 0 Å². The molecule has 94 valence electrons. The van der Waals surface area contributed by atoms with Crippen molar-refractivity contribution in [3.8, 4) is 0 Å². The molecule has 1 aliphatic rings. The van der Waals surface area contributed by atoms with E-state index in [1.54, 1.807) is 0 Å². The Labute approximate surface area is 98.6 Å². The van der Waals surface area contributed by atoms with E-state index in [-0.39, 0.29) is 11.8 Å². The smallest absolute Gasteiger partial charge is 0.222 e. The molecule has 0 radical (unpaired) electrons. The average molecular weight is 227 g/mol. The van der Waals surface area contributed by atoms with Crippen LogP contribution in [-0.4, -0.2) is 38.1 Å². The normalized spacial score (nSPS) is 21.1. The summed E-state index contributed by atoms with van der Waals surface area (Å²) in [7, 11) is 0. The van der Waals surface area contributed by atoms with Crippen LogP contribution < -0.4 is 16.0 Å². The van der Waals surface area contributed by atoms with Crippen molar-refractivity contribution in [3.05, 3.63) is 0 Å². The summed E-state index contributed by atoms with van der Waals surface area (Å²) in [5.74, 6) is 0.220. The lowest BCUT2D eigenvalue weighted by Crippen LogP contribution is -2.43. The number of carbonyl (C=O) groups excluding carboxylic acids is 1. The summed E-state index contributed by atoms with van der Waals surface area (Å²) in [6.07, 6.45) is 3.91. The van der Waals surface area contributed by atoms with E-state index in [4.69, 9.17) is 0 Å². The Morgan fingerprint density at radius 3 is 2.81 bits per heavy atom. The zero-order valence-electron chi connectivity index (χ0n) is 10.5. The van der Waals surface area contributed by atoms with Crippen molar-refractivity contribution in [3.63, 3.8) is 0 Å². The van der Waals surface area contributed by atoms with Gasteiger partial charge in [0.05, 0.1) is 0 Å². The van der Waals surface area contributed by atoms with E-state index in [0.29, 0.717) is 6.04 Å². The van der Waals surface area contributed by atoms with Crippen LogP contribution in [0, 0.1) is 5.92 Å². The van der Waals surface area contributed by atoms with Gasteiger partial charge in [-0.05, 0) is 19.4 Å². The van der Waals surface area contributed by atoms with Gasteiger partial charge < -0.3 is 16.0 Å². The summed E-state index contributed by atoms with van der Waals surface area (Å²) in [5, 5.41) is 9.76. The van der Waals surface area contributed by atoms with Crippen molar-refractivity contribution in [2.75, 3.05) is 26.2 Å². The van der Waals surface area contributed by atoms with Gasteiger partial charge in [-0.25, -0.2) is 0 Å². The molecule has 4 nitrogen and oxygen atoms in total. The second-order valence-electron chi connectivity index (χ2n) is 4.80. The second kappa shape index (κ2) is 7.63.